The van der Waals surface area contributed by atoms with E-state index < -0.39 is 11.9 Å². The van der Waals surface area contributed by atoms with Gasteiger partial charge >= 0.3 is 6.09 Å². The number of hydrogen-bond donors (Lipinski definition) is 1. The molecule has 0 bridgehead atoms. The van der Waals surface area contributed by atoms with E-state index in [-0.39, 0.29) is 23.4 Å². The van der Waals surface area contributed by atoms with Crippen molar-refractivity contribution in [2.45, 2.75) is 60.4 Å². The van der Waals surface area contributed by atoms with Crippen LogP contribution in [-0.2, 0) is 11.2 Å². The van der Waals surface area contributed by atoms with E-state index in [0.717, 1.165) is 49.4 Å². The molecule has 0 atom stereocenters. The number of amides is 2. The van der Waals surface area contributed by atoms with Crippen molar-refractivity contribution in [3.8, 4) is 11.5 Å². The summed E-state index contributed by atoms with van der Waals surface area (Å²) in [5, 5.41) is 3.06. The average Bonchev–Trinajstić information content (AvgIpc) is 3.14. The molecule has 1 N–H and O–H groups in total. The second-order valence-electron chi connectivity index (χ2n) is 13.5. The molecule has 1 saturated heterocycles. The number of nitrogens with zero attached hydrogens (tertiary/aromatic N) is 6. The van der Waals surface area contributed by atoms with E-state index in [9.17, 15) is 9.59 Å². The molecule has 1 fully saturated rings. The Bertz CT molecular complexity index is 1820. The van der Waals surface area contributed by atoms with E-state index >= 15 is 4.39 Å². The maximum absolute atomic E-state index is 15.2. The highest BCUT2D eigenvalue weighted by Gasteiger charge is 2.25. The summed E-state index contributed by atoms with van der Waals surface area (Å²) in [6, 6.07) is 19.8. The normalized spacial score (nSPS) is 13.5. The van der Waals surface area contributed by atoms with Gasteiger partial charge in [0.25, 0.3) is 0 Å². The number of anilines is 4. The molecule has 0 spiro atoms. The van der Waals surface area contributed by atoms with Crippen LogP contribution in [0.1, 0.15) is 50.8 Å². The first-order chi connectivity index (χ1) is 25.6. The minimum absolute atomic E-state index is 0.0741. The fourth-order valence-corrected chi connectivity index (χ4v) is 6.41. The molecule has 3 aromatic carbocycles. The van der Waals surface area contributed by atoms with Crippen LogP contribution in [0.3, 0.4) is 0 Å². The van der Waals surface area contributed by atoms with Crippen LogP contribution in [0.15, 0.2) is 72.9 Å². The molecular formula is C41H52FN7O4. The summed E-state index contributed by atoms with van der Waals surface area (Å²) >= 11 is 0. The van der Waals surface area contributed by atoms with Gasteiger partial charge in [-0.05, 0) is 88.9 Å². The fourth-order valence-electron chi connectivity index (χ4n) is 6.41. The van der Waals surface area contributed by atoms with Crippen molar-refractivity contribution < 1.29 is 23.5 Å². The van der Waals surface area contributed by atoms with Gasteiger partial charge in [0.05, 0.1) is 5.69 Å². The number of nitrogens with one attached hydrogen (secondary N) is 1. The summed E-state index contributed by atoms with van der Waals surface area (Å²) in [7, 11) is 0. The number of para-hydroxylation sites is 1. The van der Waals surface area contributed by atoms with Crippen LogP contribution in [-0.4, -0.2) is 95.1 Å². The minimum atomic E-state index is -0.669. The largest absolute Gasteiger partial charge is 0.489 e. The van der Waals surface area contributed by atoms with Crippen LogP contribution in [0.4, 0.5) is 32.3 Å². The lowest BCUT2D eigenvalue weighted by Crippen LogP contribution is -2.49. The summed E-state index contributed by atoms with van der Waals surface area (Å²) in [6.07, 6.45) is 1.69. The van der Waals surface area contributed by atoms with Crippen molar-refractivity contribution in [3.63, 3.8) is 0 Å². The van der Waals surface area contributed by atoms with Crippen LogP contribution < -0.4 is 19.7 Å². The lowest BCUT2D eigenvalue weighted by atomic mass is 10.1. The van der Waals surface area contributed by atoms with Crippen LogP contribution in [0.25, 0.3) is 0 Å². The molecule has 1 aliphatic rings. The number of piperazine rings is 1. The molecule has 0 saturated carbocycles. The van der Waals surface area contributed by atoms with Gasteiger partial charge in [-0.3, -0.25) is 14.6 Å². The number of halogens is 1. The second kappa shape index (κ2) is 18.6. The van der Waals surface area contributed by atoms with Gasteiger partial charge < -0.3 is 19.7 Å². The van der Waals surface area contributed by atoms with Crippen LogP contribution in [0.5, 0.6) is 11.5 Å². The van der Waals surface area contributed by atoms with E-state index in [4.69, 9.17) is 9.47 Å². The Kier molecular flexibility index (Phi) is 13.7. The first kappa shape index (κ1) is 39.1. The van der Waals surface area contributed by atoms with E-state index in [2.05, 4.69) is 38.9 Å². The Balaban J connectivity index is 1.32. The van der Waals surface area contributed by atoms with Gasteiger partial charge in [-0.15, -0.1) is 0 Å². The average molecular weight is 726 g/mol. The number of rotatable bonds is 15. The van der Waals surface area contributed by atoms with Crippen molar-refractivity contribution in [3.05, 3.63) is 95.4 Å². The highest BCUT2D eigenvalue weighted by atomic mass is 19.1. The van der Waals surface area contributed by atoms with Gasteiger partial charge in [0.15, 0.2) is 11.6 Å². The number of hydrogen-bond acceptors (Lipinski definition) is 9. The Morgan fingerprint density at radius 2 is 1.66 bits per heavy atom. The molecule has 4 aromatic rings. The van der Waals surface area contributed by atoms with Crippen molar-refractivity contribution in [1.82, 2.24) is 24.7 Å². The molecule has 2 heterocycles. The zero-order valence-electron chi connectivity index (χ0n) is 31.8. The molecule has 282 valence electrons. The van der Waals surface area contributed by atoms with E-state index in [1.165, 1.54) is 17.2 Å². The number of ether oxygens (including phenoxy) is 2. The predicted octanol–water partition coefficient (Wildman–Crippen LogP) is 7.52. The summed E-state index contributed by atoms with van der Waals surface area (Å²) in [5.41, 5.74) is 3.43. The number of carbonyl (C=O) groups excluding carboxylic acids is 2. The number of benzene rings is 3. The number of carbonyl (C=O) groups is 2. The molecule has 1 aromatic heterocycles. The first-order valence-corrected chi connectivity index (χ1v) is 18.5. The fraction of sp³-hybridized carbons (Fsp3) is 0.415. The molecule has 1 aliphatic heterocycles. The lowest BCUT2D eigenvalue weighted by Gasteiger charge is -2.36. The monoisotopic (exact) mass is 725 g/mol. The van der Waals surface area contributed by atoms with Gasteiger partial charge in [0, 0.05) is 82.3 Å². The Hall–Kier alpha value is -5.07. The lowest BCUT2D eigenvalue weighted by molar-refractivity contribution is -0.130. The van der Waals surface area contributed by atoms with Crippen molar-refractivity contribution in [1.29, 1.82) is 0 Å². The Morgan fingerprint density at radius 3 is 2.34 bits per heavy atom. The van der Waals surface area contributed by atoms with E-state index in [0.29, 0.717) is 55.7 Å². The molecule has 53 heavy (non-hydrogen) atoms. The smallest absolute Gasteiger partial charge is 0.425 e. The summed E-state index contributed by atoms with van der Waals surface area (Å²) < 4.78 is 27.0. The van der Waals surface area contributed by atoms with E-state index in [1.807, 2.05) is 64.1 Å². The molecule has 0 aliphatic carbocycles. The van der Waals surface area contributed by atoms with Gasteiger partial charge in [-0.1, -0.05) is 30.3 Å². The van der Waals surface area contributed by atoms with Crippen molar-refractivity contribution in [2.75, 3.05) is 62.6 Å². The molecular weight excluding hydrogens is 673 g/mol. The maximum atomic E-state index is 15.2. The molecule has 5 rings (SSSR count). The van der Waals surface area contributed by atoms with Gasteiger partial charge in [-0.25, -0.2) is 19.1 Å². The van der Waals surface area contributed by atoms with Crippen LogP contribution >= 0.6 is 0 Å². The zero-order valence-corrected chi connectivity index (χ0v) is 31.8. The number of aromatic nitrogens is 2. The van der Waals surface area contributed by atoms with Crippen molar-refractivity contribution >= 4 is 35.1 Å². The quantitative estimate of drug-likeness (QED) is 0.133. The summed E-state index contributed by atoms with van der Waals surface area (Å²) in [4.78, 5) is 43.7. The minimum Gasteiger partial charge on any atom is -0.489 e. The third kappa shape index (κ3) is 10.5. The van der Waals surface area contributed by atoms with Gasteiger partial charge in [0.1, 0.15) is 18.2 Å². The Morgan fingerprint density at radius 1 is 0.943 bits per heavy atom. The zero-order chi connectivity index (χ0) is 37.9. The van der Waals surface area contributed by atoms with Gasteiger partial charge in [-0.2, -0.15) is 4.98 Å². The molecule has 12 heteroatoms. The standard InChI is InChI=1S/C41H52FN7O4/c1-7-47(8-2)38(50)18-15-32-13-10-14-34(27-32)49(41(51)53-39-30(5)11-9-12-31(39)6)37-19-20-43-40(45-37)44-33-16-17-36(35(42)28-33)52-26-25-46-21-23-48(24-22-46)29(3)4/h9-14,16-17,19-20,27-29H,7-8,15,18,21-26H2,1-6H3,(H,43,44,45). The number of aryl methyl sites for hydroxylation is 3. The topological polar surface area (TPSA) is 103 Å². The van der Waals surface area contributed by atoms with Crippen LogP contribution in [0.2, 0.25) is 0 Å². The predicted molar refractivity (Wildman–Crippen MR) is 207 cm³/mol. The maximum Gasteiger partial charge on any atom is 0.425 e. The Labute approximate surface area is 312 Å². The third-order valence-electron chi connectivity index (χ3n) is 9.55. The molecule has 0 unspecified atom stereocenters. The molecule has 0 radical (unpaired) electrons. The van der Waals surface area contributed by atoms with Gasteiger partial charge in [0.2, 0.25) is 11.9 Å². The highest BCUT2D eigenvalue weighted by Crippen LogP contribution is 2.30. The first-order valence-electron chi connectivity index (χ1n) is 18.5. The molecule has 11 nitrogen and oxygen atoms in total. The van der Waals surface area contributed by atoms with E-state index in [1.54, 1.807) is 29.2 Å². The summed E-state index contributed by atoms with van der Waals surface area (Å²) in [5.74, 6) is 0.593. The molecule has 2 amide bonds. The SMILES string of the molecule is CCN(CC)C(=O)CCc1cccc(N(C(=O)Oc2c(C)cccc2C)c2ccnc(Nc3ccc(OCCN4CCN(C(C)C)CC4)c(F)c3)n2)c1. The second-order valence-corrected chi connectivity index (χ2v) is 13.5. The third-order valence-corrected chi connectivity index (χ3v) is 9.55. The highest BCUT2D eigenvalue weighted by molar-refractivity contribution is 5.96. The van der Waals surface area contributed by atoms with Crippen molar-refractivity contribution in [2.24, 2.45) is 0 Å². The van der Waals surface area contributed by atoms with Crippen LogP contribution in [0, 0.1) is 19.7 Å². The summed E-state index contributed by atoms with van der Waals surface area (Å²) in [6.45, 7) is 18.5.